The van der Waals surface area contributed by atoms with Crippen LogP contribution in [0.3, 0.4) is 0 Å². The van der Waals surface area contributed by atoms with Crippen LogP contribution in [0.2, 0.25) is 0 Å². The maximum Gasteiger partial charge on any atom is 0.300 e. The van der Waals surface area contributed by atoms with Crippen molar-refractivity contribution in [2.45, 2.75) is 13.8 Å². The van der Waals surface area contributed by atoms with Gasteiger partial charge in [-0.1, -0.05) is 0 Å². The van der Waals surface area contributed by atoms with Crippen molar-refractivity contribution >= 4 is 11.9 Å². The van der Waals surface area contributed by atoms with Crippen LogP contribution < -0.4 is 0 Å². The van der Waals surface area contributed by atoms with Crippen molar-refractivity contribution in [1.29, 1.82) is 0 Å². The van der Waals surface area contributed by atoms with Crippen molar-refractivity contribution in [3.8, 4) is 0 Å². The molecule has 0 heterocycles. The van der Waals surface area contributed by atoms with Crippen LogP contribution in [0.1, 0.15) is 13.8 Å². The molecule has 0 aliphatic rings. The standard InChI is InChI=1S/2C2H4O2.C2H4/c2*1-2(3)4;1-2/h2*1H3,(H,3,4);1-2H2. The van der Waals surface area contributed by atoms with Gasteiger partial charge in [0.1, 0.15) is 0 Å². The molecule has 4 heteroatoms. The summed E-state index contributed by atoms with van der Waals surface area (Å²) in [6.45, 7) is 8.17. The Kier molecular flexibility index (Phi) is 24.8. The number of carboxylic acids is 2. The van der Waals surface area contributed by atoms with Crippen molar-refractivity contribution in [2.75, 3.05) is 0 Å². The van der Waals surface area contributed by atoms with E-state index in [1.165, 1.54) is 0 Å². The largest absolute Gasteiger partial charge is 0.481 e. The van der Waals surface area contributed by atoms with Crippen molar-refractivity contribution in [1.82, 2.24) is 0 Å². The van der Waals surface area contributed by atoms with Gasteiger partial charge in [0.15, 0.2) is 0 Å². The average Bonchev–Trinajstić information content (AvgIpc) is 1.66. The number of hydrogen-bond donors (Lipinski definition) is 2. The Morgan fingerprint density at radius 1 is 1.00 bits per heavy atom. The molecule has 0 unspecified atom stereocenters. The van der Waals surface area contributed by atoms with Gasteiger partial charge in [-0.15, -0.1) is 13.2 Å². The molecular formula is C6H12O4. The monoisotopic (exact) mass is 148 g/mol. The van der Waals surface area contributed by atoms with E-state index in [0.717, 1.165) is 13.8 Å². The Morgan fingerprint density at radius 2 is 1.00 bits per heavy atom. The zero-order chi connectivity index (χ0) is 9.15. The van der Waals surface area contributed by atoms with E-state index < -0.39 is 11.9 Å². The van der Waals surface area contributed by atoms with Crippen molar-refractivity contribution in [3.05, 3.63) is 13.2 Å². The zero-order valence-electron chi connectivity index (χ0n) is 6.13. The molecule has 0 spiro atoms. The molecule has 10 heavy (non-hydrogen) atoms. The summed E-state index contributed by atoms with van der Waals surface area (Å²) in [7, 11) is 0. The summed E-state index contributed by atoms with van der Waals surface area (Å²) in [5.41, 5.74) is 0. The second-order valence-corrected chi connectivity index (χ2v) is 1.04. The van der Waals surface area contributed by atoms with E-state index >= 15 is 0 Å². The number of aliphatic carboxylic acids is 2. The number of carboxylic acid groups (broad SMARTS) is 2. The van der Waals surface area contributed by atoms with Crippen LogP contribution in [0.4, 0.5) is 0 Å². The molecule has 0 radical (unpaired) electrons. The fourth-order valence-electron chi connectivity index (χ4n) is 0. The van der Waals surface area contributed by atoms with Gasteiger partial charge in [-0.2, -0.15) is 0 Å². The first kappa shape index (κ1) is 15.9. The van der Waals surface area contributed by atoms with Gasteiger partial charge in [-0.3, -0.25) is 9.59 Å². The lowest BCUT2D eigenvalue weighted by Gasteiger charge is -1.59. The molecule has 0 fully saturated rings. The Labute approximate surface area is 59.8 Å². The predicted octanol–water partition coefficient (Wildman–Crippen LogP) is 0.984. The van der Waals surface area contributed by atoms with E-state index in [-0.39, 0.29) is 0 Å². The molecule has 0 aliphatic carbocycles. The Bertz CT molecular complexity index is 77.9. The SMILES string of the molecule is C=C.CC(=O)O.CC(=O)O. The van der Waals surface area contributed by atoms with Crippen LogP contribution in [0, 0.1) is 0 Å². The summed E-state index contributed by atoms with van der Waals surface area (Å²) in [6, 6.07) is 0. The van der Waals surface area contributed by atoms with Gasteiger partial charge < -0.3 is 10.2 Å². The first-order valence-corrected chi connectivity index (χ1v) is 2.36. The molecule has 4 nitrogen and oxygen atoms in total. The lowest BCUT2D eigenvalue weighted by Crippen LogP contribution is -1.78. The fourth-order valence-corrected chi connectivity index (χ4v) is 0. The normalized spacial score (nSPS) is 5.40. The van der Waals surface area contributed by atoms with Gasteiger partial charge in [0.2, 0.25) is 0 Å². The molecule has 60 valence electrons. The summed E-state index contributed by atoms with van der Waals surface area (Å²) < 4.78 is 0. The summed E-state index contributed by atoms with van der Waals surface area (Å²) in [6.07, 6.45) is 0. The highest BCUT2D eigenvalue weighted by Crippen LogP contribution is 1.42. The molecule has 2 N–H and O–H groups in total. The van der Waals surface area contributed by atoms with Crippen LogP contribution in [-0.2, 0) is 9.59 Å². The molecule has 0 rings (SSSR count). The van der Waals surface area contributed by atoms with Gasteiger partial charge in [-0.05, 0) is 0 Å². The van der Waals surface area contributed by atoms with Crippen LogP contribution in [-0.4, -0.2) is 22.2 Å². The summed E-state index contributed by atoms with van der Waals surface area (Å²) in [5, 5.41) is 14.8. The quantitative estimate of drug-likeness (QED) is 0.502. The van der Waals surface area contributed by atoms with Crippen molar-refractivity contribution in [3.63, 3.8) is 0 Å². The number of hydrogen-bond acceptors (Lipinski definition) is 2. The molecule has 0 saturated heterocycles. The molecule has 0 aromatic carbocycles. The summed E-state index contributed by atoms with van der Waals surface area (Å²) in [4.78, 5) is 18.0. The van der Waals surface area contributed by atoms with Crippen LogP contribution in [0.25, 0.3) is 0 Å². The minimum Gasteiger partial charge on any atom is -0.481 e. The zero-order valence-corrected chi connectivity index (χ0v) is 6.13. The first-order valence-electron chi connectivity index (χ1n) is 2.36. The smallest absolute Gasteiger partial charge is 0.300 e. The molecule has 0 amide bonds. The van der Waals surface area contributed by atoms with Gasteiger partial charge >= 0.3 is 0 Å². The minimum absolute atomic E-state index is 0.833. The molecule has 0 saturated carbocycles. The predicted molar refractivity (Wildman–Crippen MR) is 37.9 cm³/mol. The third-order valence-corrected chi connectivity index (χ3v) is 0. The maximum atomic E-state index is 9.00. The average molecular weight is 148 g/mol. The maximum absolute atomic E-state index is 9.00. The summed E-state index contributed by atoms with van der Waals surface area (Å²) >= 11 is 0. The Balaban J connectivity index is -0.0000000787. The van der Waals surface area contributed by atoms with Gasteiger partial charge in [0.05, 0.1) is 0 Å². The van der Waals surface area contributed by atoms with Gasteiger partial charge in [-0.25, -0.2) is 0 Å². The molecule has 0 atom stereocenters. The van der Waals surface area contributed by atoms with E-state index in [0.29, 0.717) is 0 Å². The van der Waals surface area contributed by atoms with E-state index in [4.69, 9.17) is 19.8 Å². The Hall–Kier alpha value is -1.32. The molecule has 0 aliphatic heterocycles. The van der Waals surface area contributed by atoms with Gasteiger partial charge in [0.25, 0.3) is 11.9 Å². The lowest BCUT2D eigenvalue weighted by atomic mass is 10.9. The van der Waals surface area contributed by atoms with E-state index in [1.807, 2.05) is 0 Å². The highest BCUT2D eigenvalue weighted by molar-refractivity contribution is 5.63. The van der Waals surface area contributed by atoms with Crippen molar-refractivity contribution < 1.29 is 19.8 Å². The van der Waals surface area contributed by atoms with Crippen molar-refractivity contribution in [2.24, 2.45) is 0 Å². The molecule has 0 aromatic rings. The topological polar surface area (TPSA) is 74.6 Å². The van der Waals surface area contributed by atoms with Crippen LogP contribution in [0.15, 0.2) is 13.2 Å². The van der Waals surface area contributed by atoms with Crippen LogP contribution >= 0.6 is 0 Å². The van der Waals surface area contributed by atoms with Gasteiger partial charge in [0, 0.05) is 13.8 Å². The van der Waals surface area contributed by atoms with E-state index in [1.54, 1.807) is 0 Å². The van der Waals surface area contributed by atoms with E-state index in [2.05, 4.69) is 13.2 Å². The second kappa shape index (κ2) is 15.6. The third-order valence-electron chi connectivity index (χ3n) is 0. The molecular weight excluding hydrogens is 136 g/mol. The van der Waals surface area contributed by atoms with Crippen LogP contribution in [0.5, 0.6) is 0 Å². The highest BCUT2D eigenvalue weighted by atomic mass is 16.4. The first-order chi connectivity index (χ1) is 4.46. The molecule has 0 aromatic heterocycles. The lowest BCUT2D eigenvalue weighted by molar-refractivity contribution is -0.135. The Morgan fingerprint density at radius 3 is 1.00 bits per heavy atom. The minimum atomic E-state index is -0.833. The van der Waals surface area contributed by atoms with E-state index in [9.17, 15) is 0 Å². The summed E-state index contributed by atoms with van der Waals surface area (Å²) in [5.74, 6) is -1.67. The number of rotatable bonds is 0. The second-order valence-electron chi connectivity index (χ2n) is 1.04. The fraction of sp³-hybridized carbons (Fsp3) is 0.333. The third kappa shape index (κ3) is 124. The highest BCUT2D eigenvalue weighted by Gasteiger charge is 1.65. The molecule has 0 bridgehead atoms. The number of carbonyl (C=O) groups is 2.